The minimum atomic E-state index is 0.751. The first-order valence-corrected chi connectivity index (χ1v) is 6.29. The van der Waals surface area contributed by atoms with Crippen LogP contribution in [0.5, 0.6) is 0 Å². The van der Waals surface area contributed by atoms with Crippen LogP contribution in [-0.2, 0) is 0 Å². The molecule has 88 valence electrons. The minimum Gasteiger partial charge on any atom is -0.315 e. The van der Waals surface area contributed by atoms with E-state index in [0.29, 0.717) is 0 Å². The normalized spacial score (nSPS) is 38.8. The van der Waals surface area contributed by atoms with Gasteiger partial charge in [0.25, 0.3) is 0 Å². The van der Waals surface area contributed by atoms with Gasteiger partial charge in [-0.25, -0.2) is 0 Å². The lowest BCUT2D eigenvalue weighted by atomic mass is 9.99. The number of likely N-dealkylation sites (N-methyl/N-ethyl adjacent to an activating group) is 2. The molecular weight excluding hydrogens is 186 g/mol. The topological polar surface area (TPSA) is 18.5 Å². The molecule has 1 N–H and O–H groups in total. The largest absolute Gasteiger partial charge is 0.315 e. The third kappa shape index (κ3) is 2.52. The molecule has 0 aromatic carbocycles. The summed E-state index contributed by atoms with van der Waals surface area (Å²) >= 11 is 0. The van der Waals surface area contributed by atoms with Crippen LogP contribution in [0.3, 0.4) is 0 Å². The summed E-state index contributed by atoms with van der Waals surface area (Å²) in [6, 6.07) is 1.53. The number of rotatable bonds is 2. The van der Waals surface area contributed by atoms with E-state index >= 15 is 0 Å². The predicted molar refractivity (Wildman–Crippen MR) is 64.1 cm³/mol. The molecular formula is C12H25N3. The van der Waals surface area contributed by atoms with Crippen molar-refractivity contribution < 1.29 is 0 Å². The van der Waals surface area contributed by atoms with Gasteiger partial charge in [0.2, 0.25) is 0 Å². The lowest BCUT2D eigenvalue weighted by Gasteiger charge is -2.40. The van der Waals surface area contributed by atoms with E-state index in [-0.39, 0.29) is 0 Å². The summed E-state index contributed by atoms with van der Waals surface area (Å²) in [6.07, 6.45) is 2.74. The van der Waals surface area contributed by atoms with Gasteiger partial charge in [-0.05, 0) is 45.9 Å². The van der Waals surface area contributed by atoms with Gasteiger partial charge in [-0.15, -0.1) is 0 Å². The van der Waals surface area contributed by atoms with Gasteiger partial charge in [-0.3, -0.25) is 4.90 Å². The maximum atomic E-state index is 3.50. The molecule has 0 aliphatic carbocycles. The lowest BCUT2D eigenvalue weighted by molar-refractivity contribution is 0.0911. The molecule has 2 heterocycles. The van der Waals surface area contributed by atoms with Gasteiger partial charge >= 0.3 is 0 Å². The van der Waals surface area contributed by atoms with E-state index in [0.717, 1.165) is 18.0 Å². The van der Waals surface area contributed by atoms with Crippen LogP contribution < -0.4 is 5.32 Å². The molecule has 0 bridgehead atoms. The fourth-order valence-corrected chi connectivity index (χ4v) is 3.08. The first kappa shape index (κ1) is 11.4. The lowest BCUT2D eigenvalue weighted by Crippen LogP contribution is -2.50. The summed E-state index contributed by atoms with van der Waals surface area (Å²) in [4.78, 5) is 5.10. The minimum absolute atomic E-state index is 0.751. The maximum absolute atomic E-state index is 3.50. The summed E-state index contributed by atoms with van der Waals surface area (Å²) in [5, 5.41) is 3.50. The summed E-state index contributed by atoms with van der Waals surface area (Å²) in [6.45, 7) is 7.27. The van der Waals surface area contributed by atoms with E-state index in [9.17, 15) is 0 Å². The maximum Gasteiger partial charge on any atom is 0.0258 e. The quantitative estimate of drug-likeness (QED) is 0.722. The zero-order valence-corrected chi connectivity index (χ0v) is 10.4. The van der Waals surface area contributed by atoms with Crippen LogP contribution in [0.2, 0.25) is 0 Å². The Bertz CT molecular complexity index is 207. The van der Waals surface area contributed by atoms with E-state index in [4.69, 9.17) is 0 Å². The molecule has 3 nitrogen and oxygen atoms in total. The zero-order chi connectivity index (χ0) is 10.8. The molecule has 15 heavy (non-hydrogen) atoms. The van der Waals surface area contributed by atoms with Crippen molar-refractivity contribution in [3.63, 3.8) is 0 Å². The summed E-state index contributed by atoms with van der Waals surface area (Å²) in [5.41, 5.74) is 0. The smallest absolute Gasteiger partial charge is 0.0258 e. The molecule has 2 rings (SSSR count). The average molecular weight is 211 g/mol. The third-order valence-electron chi connectivity index (χ3n) is 4.18. The van der Waals surface area contributed by atoms with Gasteiger partial charge in [0, 0.05) is 25.2 Å². The van der Waals surface area contributed by atoms with Crippen molar-refractivity contribution in [2.75, 3.05) is 40.3 Å². The monoisotopic (exact) mass is 211 g/mol. The Hall–Kier alpha value is -0.120. The summed E-state index contributed by atoms with van der Waals surface area (Å²) < 4.78 is 0. The van der Waals surface area contributed by atoms with Crippen LogP contribution in [-0.4, -0.2) is 62.2 Å². The highest BCUT2D eigenvalue weighted by molar-refractivity contribution is 4.89. The number of likely N-dealkylation sites (tertiary alicyclic amines) is 1. The fraction of sp³-hybridized carbons (Fsp3) is 1.00. The van der Waals surface area contributed by atoms with Crippen molar-refractivity contribution in [1.29, 1.82) is 0 Å². The summed E-state index contributed by atoms with van der Waals surface area (Å²) in [7, 11) is 4.56. The third-order valence-corrected chi connectivity index (χ3v) is 4.18. The highest BCUT2D eigenvalue weighted by Gasteiger charge is 2.32. The standard InChI is InChI=1S/C12H25N3/c1-10-7-13-8-12(10)15(3)11-5-4-6-14(2)9-11/h10-13H,4-9H2,1-3H3. The van der Waals surface area contributed by atoms with Gasteiger partial charge in [0.1, 0.15) is 0 Å². The van der Waals surface area contributed by atoms with Crippen molar-refractivity contribution >= 4 is 0 Å². The first-order valence-electron chi connectivity index (χ1n) is 6.29. The van der Waals surface area contributed by atoms with Gasteiger partial charge in [0.15, 0.2) is 0 Å². The number of piperidine rings is 1. The van der Waals surface area contributed by atoms with E-state index in [1.807, 2.05) is 0 Å². The Kier molecular flexibility index (Phi) is 3.65. The molecule has 2 aliphatic heterocycles. The van der Waals surface area contributed by atoms with Crippen LogP contribution in [0, 0.1) is 5.92 Å². The molecule has 0 amide bonds. The molecule has 0 aromatic rings. The molecule has 2 aliphatic rings. The number of nitrogens with one attached hydrogen (secondary N) is 1. The Labute approximate surface area is 93.8 Å². The average Bonchev–Trinajstić information content (AvgIpc) is 2.63. The Morgan fingerprint density at radius 1 is 1.33 bits per heavy atom. The zero-order valence-electron chi connectivity index (χ0n) is 10.4. The highest BCUT2D eigenvalue weighted by atomic mass is 15.2. The second-order valence-electron chi connectivity index (χ2n) is 5.43. The van der Waals surface area contributed by atoms with Crippen LogP contribution in [0.15, 0.2) is 0 Å². The second-order valence-corrected chi connectivity index (χ2v) is 5.43. The molecule has 0 saturated carbocycles. The second kappa shape index (κ2) is 4.81. The van der Waals surface area contributed by atoms with E-state index < -0.39 is 0 Å². The first-order chi connectivity index (χ1) is 7.18. The molecule has 2 saturated heterocycles. The van der Waals surface area contributed by atoms with E-state index in [1.165, 1.54) is 39.0 Å². The van der Waals surface area contributed by atoms with E-state index in [2.05, 4.69) is 36.1 Å². The molecule has 0 aromatic heterocycles. The highest BCUT2D eigenvalue weighted by Crippen LogP contribution is 2.21. The van der Waals surface area contributed by atoms with Crippen LogP contribution in [0.25, 0.3) is 0 Å². The van der Waals surface area contributed by atoms with Crippen molar-refractivity contribution in [3.8, 4) is 0 Å². The molecule has 2 fully saturated rings. The van der Waals surface area contributed by atoms with Crippen molar-refractivity contribution in [1.82, 2.24) is 15.1 Å². The number of nitrogens with zero attached hydrogens (tertiary/aromatic N) is 2. The van der Waals surface area contributed by atoms with Crippen LogP contribution in [0.1, 0.15) is 19.8 Å². The van der Waals surface area contributed by atoms with E-state index in [1.54, 1.807) is 0 Å². The summed E-state index contributed by atoms with van der Waals surface area (Å²) in [5.74, 6) is 0.808. The van der Waals surface area contributed by atoms with Crippen LogP contribution >= 0.6 is 0 Å². The SMILES string of the molecule is CC1CNCC1N(C)C1CCCN(C)C1. The molecule has 3 atom stereocenters. The van der Waals surface area contributed by atoms with Gasteiger partial charge in [-0.2, -0.15) is 0 Å². The molecule has 3 unspecified atom stereocenters. The number of hydrogen-bond acceptors (Lipinski definition) is 3. The van der Waals surface area contributed by atoms with Gasteiger partial charge in [-0.1, -0.05) is 6.92 Å². The van der Waals surface area contributed by atoms with Crippen molar-refractivity contribution in [2.24, 2.45) is 5.92 Å². The van der Waals surface area contributed by atoms with Gasteiger partial charge < -0.3 is 10.2 Å². The number of hydrogen-bond donors (Lipinski definition) is 1. The Balaban J connectivity index is 1.91. The Morgan fingerprint density at radius 3 is 2.73 bits per heavy atom. The fourth-order valence-electron chi connectivity index (χ4n) is 3.08. The van der Waals surface area contributed by atoms with Crippen molar-refractivity contribution in [2.45, 2.75) is 31.8 Å². The van der Waals surface area contributed by atoms with Crippen molar-refractivity contribution in [3.05, 3.63) is 0 Å². The molecule has 0 spiro atoms. The van der Waals surface area contributed by atoms with Gasteiger partial charge in [0.05, 0.1) is 0 Å². The predicted octanol–water partition coefficient (Wildman–Crippen LogP) is 0.620. The molecule has 3 heteroatoms. The Morgan fingerprint density at radius 2 is 2.13 bits per heavy atom. The molecule has 0 radical (unpaired) electrons. The van der Waals surface area contributed by atoms with Crippen LogP contribution in [0.4, 0.5) is 0 Å².